The maximum Gasteiger partial charge on any atom is 0.472 e. The number of nitrogens with two attached hydrogens (primary N) is 1. The fraction of sp³-hybridized carbons (Fsp3) is 0.754. The van der Waals surface area contributed by atoms with E-state index in [4.69, 9.17) is 24.3 Å². The van der Waals surface area contributed by atoms with Gasteiger partial charge in [-0.3, -0.25) is 18.6 Å². The Morgan fingerprint density at radius 3 is 1.13 bits per heavy atom. The van der Waals surface area contributed by atoms with E-state index >= 15 is 0 Å². The highest BCUT2D eigenvalue weighted by atomic mass is 31.2. The number of phosphoric ester groups is 1. The molecule has 0 saturated carbocycles. The zero-order valence-corrected chi connectivity index (χ0v) is 49.4. The van der Waals surface area contributed by atoms with Crippen LogP contribution in [0.5, 0.6) is 0 Å². The van der Waals surface area contributed by atoms with E-state index < -0.39 is 32.5 Å². The van der Waals surface area contributed by atoms with Crippen molar-refractivity contribution in [1.29, 1.82) is 0 Å². The maximum atomic E-state index is 12.6. The van der Waals surface area contributed by atoms with Crippen molar-refractivity contribution in [3.8, 4) is 0 Å². The van der Waals surface area contributed by atoms with Gasteiger partial charge in [-0.2, -0.15) is 0 Å². The van der Waals surface area contributed by atoms with Crippen molar-refractivity contribution in [3.05, 3.63) is 85.1 Å². The summed E-state index contributed by atoms with van der Waals surface area (Å²) in [5.74, 6) is -0.891. The summed E-state index contributed by atoms with van der Waals surface area (Å²) < 4.78 is 32.9. The molecule has 0 aromatic carbocycles. The summed E-state index contributed by atoms with van der Waals surface area (Å²) in [7, 11) is -4.40. The molecule has 0 bridgehead atoms. The predicted octanol–water partition coefficient (Wildman–Crippen LogP) is 19.9. The number of ether oxygens (including phenoxy) is 2. The molecule has 75 heavy (non-hydrogen) atoms. The van der Waals surface area contributed by atoms with Gasteiger partial charge in [-0.1, -0.05) is 272 Å². The summed E-state index contributed by atoms with van der Waals surface area (Å²) in [5.41, 5.74) is 5.37. The highest BCUT2D eigenvalue weighted by Crippen LogP contribution is 2.43. The lowest BCUT2D eigenvalue weighted by atomic mass is 10.0. The lowest BCUT2D eigenvalue weighted by Crippen LogP contribution is -2.29. The number of phosphoric acid groups is 1. The van der Waals surface area contributed by atoms with Gasteiger partial charge < -0.3 is 20.1 Å². The second kappa shape index (κ2) is 60.4. The molecule has 2 unspecified atom stereocenters. The Labute approximate surface area is 462 Å². The zero-order chi connectivity index (χ0) is 54.5. The lowest BCUT2D eigenvalue weighted by Gasteiger charge is -2.19. The minimum atomic E-state index is -4.40. The van der Waals surface area contributed by atoms with E-state index in [1.807, 2.05) is 6.08 Å². The first-order valence-electron chi connectivity index (χ1n) is 31.1. The van der Waals surface area contributed by atoms with E-state index in [1.165, 1.54) is 186 Å². The fourth-order valence-corrected chi connectivity index (χ4v) is 9.47. The minimum Gasteiger partial charge on any atom is -0.462 e. The van der Waals surface area contributed by atoms with Crippen LogP contribution in [0, 0.1) is 0 Å². The Bertz CT molecular complexity index is 1500. The van der Waals surface area contributed by atoms with Gasteiger partial charge in [0.25, 0.3) is 0 Å². The van der Waals surface area contributed by atoms with Crippen LogP contribution in [-0.4, -0.2) is 49.3 Å². The van der Waals surface area contributed by atoms with Crippen molar-refractivity contribution in [2.45, 2.75) is 290 Å². The minimum absolute atomic E-state index is 0.0420. The van der Waals surface area contributed by atoms with E-state index in [0.717, 1.165) is 57.8 Å². The maximum absolute atomic E-state index is 12.6. The predicted molar refractivity (Wildman–Crippen MR) is 321 cm³/mol. The standard InChI is InChI=1S/C65H116NO8P/c1-3-5-7-9-11-13-15-17-19-21-22-23-24-25-26-27-28-29-30-31-32-33-34-35-36-37-38-39-40-42-43-45-47-49-51-53-55-57-64(67)71-61-63(62-73-75(69,70)72-60-59-66)74-65(68)58-56-54-52-50-48-46-44-41-20-18-16-14-12-10-8-6-4-2/h6,8,12,14-15,17-18,20-22,44,46,50,52,63H,3-5,7,9-11,13,16,19,23-43,45,47-49,51,53-62,66H2,1-2H3,(H,69,70)/b8-6-,14-12-,17-15-,20-18-,22-21-,46-44-,52-50-. The quantitative estimate of drug-likeness (QED) is 0.0264. The Hall–Kier alpha value is -2.81. The molecule has 3 N–H and O–H groups in total. The third-order valence-electron chi connectivity index (χ3n) is 13.3. The van der Waals surface area contributed by atoms with Crippen LogP contribution in [0.1, 0.15) is 284 Å². The molecule has 0 aromatic rings. The third-order valence-corrected chi connectivity index (χ3v) is 14.2. The van der Waals surface area contributed by atoms with Gasteiger partial charge in [-0.05, 0) is 83.5 Å². The zero-order valence-electron chi connectivity index (χ0n) is 48.5. The number of carbonyl (C=O) groups is 2. The van der Waals surface area contributed by atoms with E-state index in [1.54, 1.807) is 0 Å². The van der Waals surface area contributed by atoms with E-state index in [9.17, 15) is 19.0 Å². The molecule has 434 valence electrons. The number of esters is 2. The Balaban J connectivity index is 3.84. The van der Waals surface area contributed by atoms with E-state index in [0.29, 0.717) is 12.8 Å². The van der Waals surface area contributed by atoms with Gasteiger partial charge in [0.05, 0.1) is 13.2 Å². The molecule has 9 nitrogen and oxygen atoms in total. The van der Waals surface area contributed by atoms with Gasteiger partial charge >= 0.3 is 19.8 Å². The van der Waals surface area contributed by atoms with E-state index in [2.05, 4.69) is 92.8 Å². The van der Waals surface area contributed by atoms with Crippen LogP contribution >= 0.6 is 7.82 Å². The molecule has 0 aliphatic heterocycles. The molecular formula is C65H116NO8P. The van der Waals surface area contributed by atoms with Crippen LogP contribution in [0.4, 0.5) is 0 Å². The molecule has 0 amide bonds. The molecule has 0 spiro atoms. The second-order valence-electron chi connectivity index (χ2n) is 20.5. The lowest BCUT2D eigenvalue weighted by molar-refractivity contribution is -0.161. The van der Waals surface area contributed by atoms with Gasteiger partial charge in [0.2, 0.25) is 0 Å². The first-order chi connectivity index (χ1) is 36.8. The molecule has 0 aliphatic carbocycles. The molecule has 10 heteroatoms. The topological polar surface area (TPSA) is 134 Å². The van der Waals surface area contributed by atoms with Crippen molar-refractivity contribution in [2.24, 2.45) is 5.73 Å². The summed E-state index contributed by atoms with van der Waals surface area (Å²) in [4.78, 5) is 35.1. The number of allylic oxidation sites excluding steroid dienone is 14. The molecule has 2 atom stereocenters. The molecule has 0 aromatic heterocycles. The number of unbranched alkanes of at least 4 members (excludes halogenated alkanes) is 31. The van der Waals surface area contributed by atoms with E-state index in [-0.39, 0.29) is 32.6 Å². The Kier molecular flexibility index (Phi) is 58.2. The first-order valence-corrected chi connectivity index (χ1v) is 32.6. The van der Waals surface area contributed by atoms with Crippen molar-refractivity contribution < 1.29 is 37.6 Å². The van der Waals surface area contributed by atoms with Crippen molar-refractivity contribution in [2.75, 3.05) is 26.4 Å². The average molecular weight is 1070 g/mol. The number of hydrogen-bond donors (Lipinski definition) is 2. The molecule has 0 radical (unpaired) electrons. The molecule has 0 saturated heterocycles. The number of hydrogen-bond acceptors (Lipinski definition) is 8. The summed E-state index contributed by atoms with van der Waals surface area (Å²) in [5, 5.41) is 0. The molecule has 0 fully saturated rings. The normalized spacial score (nSPS) is 13.6. The van der Waals surface area contributed by atoms with Crippen LogP contribution in [0.2, 0.25) is 0 Å². The summed E-state index contributed by atoms with van der Waals surface area (Å²) in [6, 6.07) is 0. The highest BCUT2D eigenvalue weighted by Gasteiger charge is 2.26. The largest absolute Gasteiger partial charge is 0.472 e. The fourth-order valence-electron chi connectivity index (χ4n) is 8.70. The molecule has 0 rings (SSSR count). The third kappa shape index (κ3) is 60.3. The highest BCUT2D eigenvalue weighted by molar-refractivity contribution is 7.47. The van der Waals surface area contributed by atoms with Crippen LogP contribution in [0.15, 0.2) is 85.1 Å². The van der Waals surface area contributed by atoms with Crippen molar-refractivity contribution in [1.82, 2.24) is 0 Å². The molecule has 0 aliphatic rings. The number of rotatable bonds is 58. The van der Waals surface area contributed by atoms with Crippen LogP contribution < -0.4 is 5.73 Å². The summed E-state index contributed by atoms with van der Waals surface area (Å²) in [6.07, 6.45) is 79.8. The molecular weight excluding hydrogens is 954 g/mol. The summed E-state index contributed by atoms with van der Waals surface area (Å²) in [6.45, 7) is 3.57. The number of carbonyl (C=O) groups excluding carboxylic acids is 2. The monoisotopic (exact) mass is 1070 g/mol. The van der Waals surface area contributed by atoms with Gasteiger partial charge in [0.15, 0.2) is 6.10 Å². The first kappa shape index (κ1) is 72.2. The van der Waals surface area contributed by atoms with Gasteiger partial charge in [-0.25, -0.2) is 4.57 Å². The van der Waals surface area contributed by atoms with Crippen molar-refractivity contribution >= 4 is 19.8 Å². The van der Waals surface area contributed by atoms with Gasteiger partial charge in [0, 0.05) is 19.4 Å². The van der Waals surface area contributed by atoms with Crippen LogP contribution in [-0.2, 0) is 32.7 Å². The van der Waals surface area contributed by atoms with Crippen LogP contribution in [0.25, 0.3) is 0 Å². The Morgan fingerprint density at radius 2 is 0.747 bits per heavy atom. The Morgan fingerprint density at radius 1 is 0.413 bits per heavy atom. The van der Waals surface area contributed by atoms with Crippen LogP contribution in [0.3, 0.4) is 0 Å². The average Bonchev–Trinajstić information content (AvgIpc) is 3.40. The second-order valence-corrected chi connectivity index (χ2v) is 22.0. The van der Waals surface area contributed by atoms with Gasteiger partial charge in [0.1, 0.15) is 6.61 Å². The summed E-state index contributed by atoms with van der Waals surface area (Å²) >= 11 is 0. The van der Waals surface area contributed by atoms with Crippen molar-refractivity contribution in [3.63, 3.8) is 0 Å². The molecule has 0 heterocycles. The SMILES string of the molecule is CC/C=C\C/C=C\C/C=C\C/C=C\C/C=C\CCCC(=O)OC(COC(=O)CCCCCCCCCCCCCCCCCCCCCCCCCCC/C=C\C/C=C\CCCCCCC)COP(=O)(O)OCCN. The smallest absolute Gasteiger partial charge is 0.462 e. The van der Waals surface area contributed by atoms with Gasteiger partial charge in [-0.15, -0.1) is 0 Å².